The Morgan fingerprint density at radius 2 is 1.82 bits per heavy atom. The number of allylic oxidation sites excluding steroid dienone is 1. The highest BCUT2D eigenvalue weighted by molar-refractivity contribution is 7.90. The fraction of sp³-hybridized carbons (Fsp3) is 0.250. The van der Waals surface area contributed by atoms with Crippen LogP contribution in [0.3, 0.4) is 0 Å². The zero-order chi connectivity index (χ0) is 20.9. The molecule has 1 saturated heterocycles. The van der Waals surface area contributed by atoms with Crippen molar-refractivity contribution in [3.8, 4) is 0 Å². The molecular weight excluding hydrogens is 384 g/mol. The molecule has 1 aliphatic rings. The molecule has 5 nitrogen and oxygen atoms in total. The largest absolute Gasteiger partial charge is 0.345 e. The Balaban J connectivity index is 2.25. The van der Waals surface area contributed by atoms with Crippen LogP contribution in [-0.2, 0) is 15.6 Å². The predicted molar refractivity (Wildman–Crippen MR) is 105 cm³/mol. The standard InChI is InChI=1S/C20H21F2N3O2S/c1-12(2)13-5-7-14(8-6-13)18-20(3,16-10-9-15(21)11-17(16)22)24-19(23)25(4)28(18,26)27/h5-11,18H,1H2,2-4H3,(H2,23,24)/t18-,20-/m1/s1. The van der Waals surface area contributed by atoms with Crippen LogP contribution >= 0.6 is 0 Å². The van der Waals surface area contributed by atoms with Crippen molar-refractivity contribution in [2.75, 3.05) is 7.05 Å². The van der Waals surface area contributed by atoms with E-state index in [1.807, 2.05) is 6.92 Å². The number of guanidine groups is 1. The summed E-state index contributed by atoms with van der Waals surface area (Å²) in [6.45, 7) is 7.20. The Labute approximate surface area is 163 Å². The fourth-order valence-electron chi connectivity index (χ4n) is 3.54. The third-order valence-corrected chi connectivity index (χ3v) is 7.38. The first-order valence-electron chi connectivity index (χ1n) is 8.54. The summed E-state index contributed by atoms with van der Waals surface area (Å²) in [6.07, 6.45) is 0. The van der Waals surface area contributed by atoms with Crippen LogP contribution in [0.25, 0.3) is 5.57 Å². The highest BCUT2D eigenvalue weighted by Gasteiger charge is 2.53. The van der Waals surface area contributed by atoms with Crippen molar-refractivity contribution in [3.63, 3.8) is 0 Å². The Kier molecular flexibility index (Phi) is 4.79. The minimum absolute atomic E-state index is 0.0377. The molecule has 0 radical (unpaired) electrons. The van der Waals surface area contributed by atoms with Crippen LogP contribution in [0.15, 0.2) is 49.0 Å². The van der Waals surface area contributed by atoms with Gasteiger partial charge in [-0.25, -0.2) is 21.5 Å². The maximum atomic E-state index is 14.6. The summed E-state index contributed by atoms with van der Waals surface area (Å²) in [6, 6.07) is 9.77. The minimum Gasteiger partial charge on any atom is -0.345 e. The maximum absolute atomic E-state index is 14.6. The monoisotopic (exact) mass is 405 g/mol. The zero-order valence-corrected chi connectivity index (χ0v) is 16.6. The molecule has 148 valence electrons. The lowest BCUT2D eigenvalue weighted by Gasteiger charge is -2.46. The molecule has 0 amide bonds. The van der Waals surface area contributed by atoms with E-state index in [-0.39, 0.29) is 11.5 Å². The number of benzene rings is 2. The van der Waals surface area contributed by atoms with Crippen molar-refractivity contribution in [2.45, 2.75) is 24.6 Å². The molecule has 8 heteroatoms. The van der Waals surface area contributed by atoms with Gasteiger partial charge in [0.2, 0.25) is 16.0 Å². The number of nitrogens with zero attached hydrogens (tertiary/aromatic N) is 1. The number of rotatable bonds is 3. The van der Waals surface area contributed by atoms with E-state index >= 15 is 0 Å². The Bertz CT molecular complexity index is 1070. The Morgan fingerprint density at radius 3 is 2.36 bits per heavy atom. The van der Waals surface area contributed by atoms with Gasteiger partial charge in [0, 0.05) is 18.7 Å². The second-order valence-corrected chi connectivity index (χ2v) is 9.14. The van der Waals surface area contributed by atoms with Gasteiger partial charge in [-0.05, 0) is 31.0 Å². The summed E-state index contributed by atoms with van der Waals surface area (Å²) in [7, 11) is -2.79. The third-order valence-electron chi connectivity index (χ3n) is 5.09. The summed E-state index contributed by atoms with van der Waals surface area (Å²) < 4.78 is 55.4. The minimum atomic E-state index is -4.06. The topological polar surface area (TPSA) is 73.3 Å². The molecule has 3 rings (SSSR count). The van der Waals surface area contributed by atoms with Crippen LogP contribution in [0.1, 0.15) is 35.8 Å². The van der Waals surface area contributed by atoms with E-state index < -0.39 is 32.4 Å². The van der Waals surface area contributed by atoms with Gasteiger partial charge in [0.05, 0.1) is 5.54 Å². The van der Waals surface area contributed by atoms with Crippen molar-refractivity contribution in [1.82, 2.24) is 9.62 Å². The average Bonchev–Trinajstić information content (AvgIpc) is 2.60. The summed E-state index contributed by atoms with van der Waals surface area (Å²) >= 11 is 0. The third kappa shape index (κ3) is 3.07. The van der Waals surface area contributed by atoms with Crippen LogP contribution < -0.4 is 5.32 Å². The normalized spacial score (nSPS) is 24.0. The lowest BCUT2D eigenvalue weighted by Crippen LogP contribution is -2.62. The van der Waals surface area contributed by atoms with Gasteiger partial charge in [-0.1, -0.05) is 42.5 Å². The van der Waals surface area contributed by atoms with Gasteiger partial charge in [-0.2, -0.15) is 0 Å². The Hall–Kier alpha value is -2.74. The molecule has 0 aromatic heterocycles. The van der Waals surface area contributed by atoms with E-state index in [1.54, 1.807) is 24.3 Å². The molecule has 0 spiro atoms. The quantitative estimate of drug-likeness (QED) is 0.817. The van der Waals surface area contributed by atoms with E-state index in [0.717, 1.165) is 21.5 Å². The molecule has 0 bridgehead atoms. The van der Waals surface area contributed by atoms with Gasteiger partial charge >= 0.3 is 0 Å². The first-order valence-corrected chi connectivity index (χ1v) is 10.0. The van der Waals surface area contributed by atoms with Crippen molar-refractivity contribution < 1.29 is 17.2 Å². The van der Waals surface area contributed by atoms with E-state index in [1.165, 1.54) is 20.0 Å². The van der Waals surface area contributed by atoms with Crippen molar-refractivity contribution in [2.24, 2.45) is 0 Å². The maximum Gasteiger partial charge on any atom is 0.246 e. The average molecular weight is 405 g/mol. The van der Waals surface area contributed by atoms with Crippen molar-refractivity contribution in [3.05, 3.63) is 77.4 Å². The zero-order valence-electron chi connectivity index (χ0n) is 15.8. The summed E-state index contributed by atoms with van der Waals surface area (Å²) in [5.41, 5.74) is 0.528. The summed E-state index contributed by atoms with van der Waals surface area (Å²) in [5, 5.41) is 9.61. The molecule has 2 atom stereocenters. The van der Waals surface area contributed by atoms with Gasteiger partial charge in [0.15, 0.2) is 0 Å². The first-order chi connectivity index (χ1) is 13.0. The van der Waals surface area contributed by atoms with Gasteiger partial charge in [0.25, 0.3) is 0 Å². The van der Waals surface area contributed by atoms with Crippen LogP contribution in [0.4, 0.5) is 8.78 Å². The van der Waals surface area contributed by atoms with Gasteiger partial charge in [-0.15, -0.1) is 0 Å². The molecule has 0 unspecified atom stereocenters. The second kappa shape index (κ2) is 6.70. The predicted octanol–water partition coefficient (Wildman–Crippen LogP) is 3.75. The fourth-order valence-corrected chi connectivity index (χ4v) is 5.44. The lowest BCUT2D eigenvalue weighted by molar-refractivity contribution is 0.344. The van der Waals surface area contributed by atoms with Crippen molar-refractivity contribution >= 4 is 21.6 Å². The van der Waals surface area contributed by atoms with E-state index in [2.05, 4.69) is 11.9 Å². The van der Waals surface area contributed by atoms with Crippen LogP contribution in [0, 0.1) is 17.0 Å². The molecule has 28 heavy (non-hydrogen) atoms. The molecule has 1 heterocycles. The molecule has 2 aromatic rings. The van der Waals surface area contributed by atoms with Crippen molar-refractivity contribution in [1.29, 1.82) is 5.41 Å². The van der Waals surface area contributed by atoms with E-state index in [0.29, 0.717) is 11.6 Å². The molecule has 0 aliphatic carbocycles. The number of sulfonamides is 1. The Morgan fingerprint density at radius 1 is 1.21 bits per heavy atom. The SMILES string of the molecule is C=C(C)c1ccc([C@@H]2[C@@](C)(c3ccc(F)cc3F)NC(=N)N(C)S2(=O)=O)cc1. The summed E-state index contributed by atoms with van der Waals surface area (Å²) in [5.74, 6) is -2.04. The molecule has 1 aliphatic heterocycles. The number of hydrogen-bond acceptors (Lipinski definition) is 3. The summed E-state index contributed by atoms with van der Waals surface area (Å²) in [4.78, 5) is 0. The molecule has 0 saturated carbocycles. The van der Waals surface area contributed by atoms with Gasteiger partial charge < -0.3 is 5.32 Å². The molecular formula is C20H21F2N3O2S. The van der Waals surface area contributed by atoms with E-state index in [9.17, 15) is 17.2 Å². The lowest BCUT2D eigenvalue weighted by atomic mass is 9.84. The number of nitrogens with one attached hydrogen (secondary N) is 2. The van der Waals surface area contributed by atoms with Crippen LogP contribution in [0.2, 0.25) is 0 Å². The molecule has 2 aromatic carbocycles. The van der Waals surface area contributed by atoms with Crippen LogP contribution in [0.5, 0.6) is 0 Å². The van der Waals surface area contributed by atoms with Gasteiger partial charge in [0.1, 0.15) is 16.9 Å². The second-order valence-electron chi connectivity index (χ2n) is 7.09. The highest BCUT2D eigenvalue weighted by atomic mass is 32.2. The molecule has 1 fully saturated rings. The number of halogens is 2. The van der Waals surface area contributed by atoms with E-state index in [4.69, 9.17) is 5.41 Å². The van der Waals surface area contributed by atoms with Gasteiger partial charge in [-0.3, -0.25) is 5.41 Å². The first kappa shape index (κ1) is 20.0. The number of hydrogen-bond donors (Lipinski definition) is 2. The highest BCUT2D eigenvalue weighted by Crippen LogP contribution is 2.45. The van der Waals surface area contributed by atoms with Crippen LogP contribution in [-0.4, -0.2) is 25.7 Å². The smallest absolute Gasteiger partial charge is 0.246 e. The molecule has 2 N–H and O–H groups in total.